The van der Waals surface area contributed by atoms with Crippen molar-refractivity contribution in [3.8, 4) is 0 Å². The minimum atomic E-state index is -0.116. The van der Waals surface area contributed by atoms with Crippen LogP contribution in [0.15, 0.2) is 23.0 Å². The van der Waals surface area contributed by atoms with Gasteiger partial charge in [-0.2, -0.15) is 0 Å². The Morgan fingerprint density at radius 2 is 2.05 bits per heavy atom. The zero-order chi connectivity index (χ0) is 15.0. The molecule has 2 aromatic rings. The van der Waals surface area contributed by atoms with Crippen LogP contribution >= 0.6 is 11.6 Å². The monoisotopic (exact) mass is 307 g/mol. The van der Waals surface area contributed by atoms with E-state index in [1.807, 2.05) is 10.6 Å². The van der Waals surface area contributed by atoms with Crippen LogP contribution in [0.4, 0.5) is 0 Å². The summed E-state index contributed by atoms with van der Waals surface area (Å²) in [6, 6.07) is 5.60. The quantitative estimate of drug-likeness (QED) is 0.943. The van der Waals surface area contributed by atoms with Crippen LogP contribution in [0.25, 0.3) is 11.0 Å². The van der Waals surface area contributed by atoms with Gasteiger partial charge in [0.25, 0.3) is 0 Å². The topological polar surface area (TPSA) is 56.0 Å². The van der Waals surface area contributed by atoms with Crippen LogP contribution in [0.3, 0.4) is 0 Å². The molecule has 0 unspecified atom stereocenters. The van der Waals surface area contributed by atoms with Gasteiger partial charge in [0.1, 0.15) is 5.78 Å². The van der Waals surface area contributed by atoms with Gasteiger partial charge < -0.3 is 5.32 Å². The molecule has 0 radical (unpaired) electrons. The molecule has 0 aliphatic carbocycles. The minimum absolute atomic E-state index is 0.0403. The van der Waals surface area contributed by atoms with Gasteiger partial charge in [0, 0.05) is 11.1 Å². The average molecular weight is 308 g/mol. The highest BCUT2D eigenvalue weighted by Crippen LogP contribution is 2.25. The van der Waals surface area contributed by atoms with E-state index in [4.69, 9.17) is 11.6 Å². The summed E-state index contributed by atoms with van der Waals surface area (Å²) in [5.41, 5.74) is 1.48. The number of piperidine rings is 1. The molecule has 1 aliphatic heterocycles. The summed E-state index contributed by atoms with van der Waals surface area (Å²) in [5.74, 6) is -0.0403. The zero-order valence-electron chi connectivity index (χ0n) is 11.9. The molecule has 0 bridgehead atoms. The Balaban J connectivity index is 2.21. The molecular weight excluding hydrogens is 290 g/mol. The summed E-state index contributed by atoms with van der Waals surface area (Å²) >= 11 is 6.06. The second-order valence-electron chi connectivity index (χ2n) is 5.55. The molecule has 1 aliphatic rings. The molecule has 5 nitrogen and oxygen atoms in total. The molecule has 1 N–H and O–H groups in total. The molecule has 1 saturated heterocycles. The van der Waals surface area contributed by atoms with Crippen LogP contribution in [0.2, 0.25) is 5.02 Å². The number of benzene rings is 1. The number of fused-ring (bicyclic) bond motifs is 1. The smallest absolute Gasteiger partial charge is 0.317 e. The van der Waals surface area contributed by atoms with Crippen LogP contribution in [0, 0.1) is 0 Å². The van der Waals surface area contributed by atoms with Gasteiger partial charge >= 0.3 is 5.69 Å². The number of halogens is 1. The lowest BCUT2D eigenvalue weighted by atomic mass is 10.1. The first-order chi connectivity index (χ1) is 10.1. The van der Waals surface area contributed by atoms with Gasteiger partial charge in [-0.15, -0.1) is 0 Å². The Labute approximate surface area is 127 Å². The molecule has 0 spiro atoms. The van der Waals surface area contributed by atoms with E-state index < -0.39 is 0 Å². The van der Waals surface area contributed by atoms with Crippen molar-refractivity contribution in [3.05, 3.63) is 33.7 Å². The van der Waals surface area contributed by atoms with Crippen LogP contribution in [-0.2, 0) is 11.3 Å². The molecule has 21 heavy (non-hydrogen) atoms. The van der Waals surface area contributed by atoms with E-state index in [9.17, 15) is 9.59 Å². The number of hydrogen-bond donors (Lipinski definition) is 1. The van der Waals surface area contributed by atoms with E-state index in [1.165, 1.54) is 11.5 Å². The Hall–Kier alpha value is -1.59. The summed E-state index contributed by atoms with van der Waals surface area (Å²) in [5, 5.41) is 3.87. The highest BCUT2D eigenvalue weighted by atomic mass is 35.5. The number of carbonyl (C=O) groups is 1. The second-order valence-corrected chi connectivity index (χ2v) is 5.99. The predicted molar refractivity (Wildman–Crippen MR) is 83.0 cm³/mol. The summed E-state index contributed by atoms with van der Waals surface area (Å²) < 4.78 is 3.36. The van der Waals surface area contributed by atoms with Gasteiger partial charge in [-0.1, -0.05) is 11.6 Å². The van der Waals surface area contributed by atoms with E-state index in [1.54, 1.807) is 12.1 Å². The minimum Gasteiger partial charge on any atom is -0.317 e. The fourth-order valence-corrected chi connectivity index (χ4v) is 3.21. The van der Waals surface area contributed by atoms with E-state index >= 15 is 0 Å². The van der Waals surface area contributed by atoms with Gasteiger partial charge in [0.05, 0.1) is 17.6 Å². The van der Waals surface area contributed by atoms with Gasteiger partial charge in [0.15, 0.2) is 0 Å². The first-order valence-electron chi connectivity index (χ1n) is 7.18. The first kappa shape index (κ1) is 14.4. The molecule has 3 rings (SSSR count). The van der Waals surface area contributed by atoms with Crippen molar-refractivity contribution < 1.29 is 4.79 Å². The van der Waals surface area contributed by atoms with Crippen molar-refractivity contribution in [2.24, 2.45) is 0 Å². The molecular formula is C15H18ClN3O2. The number of nitrogens with one attached hydrogen (secondary N) is 1. The molecule has 1 aromatic carbocycles. The third kappa shape index (κ3) is 2.63. The fourth-order valence-electron chi connectivity index (χ4n) is 3.05. The summed E-state index contributed by atoms with van der Waals surface area (Å²) in [4.78, 5) is 24.2. The Kier molecular flexibility index (Phi) is 3.87. The summed E-state index contributed by atoms with van der Waals surface area (Å²) in [6.45, 7) is 3.40. The summed E-state index contributed by atoms with van der Waals surface area (Å²) in [6.07, 6.45) is 1.84. The number of Topliss-reactive ketones (excluding diaryl/α,β-unsaturated/α-hetero) is 1. The Morgan fingerprint density at radius 1 is 1.33 bits per heavy atom. The van der Waals surface area contributed by atoms with Gasteiger partial charge in [0.2, 0.25) is 0 Å². The maximum atomic E-state index is 12.7. The van der Waals surface area contributed by atoms with Crippen LogP contribution in [-0.4, -0.2) is 28.0 Å². The van der Waals surface area contributed by atoms with Gasteiger partial charge in [-0.25, -0.2) is 4.79 Å². The van der Waals surface area contributed by atoms with E-state index in [-0.39, 0.29) is 24.1 Å². The van der Waals surface area contributed by atoms with E-state index in [0.717, 1.165) is 37.0 Å². The lowest BCUT2D eigenvalue weighted by molar-refractivity contribution is -0.117. The summed E-state index contributed by atoms with van der Waals surface area (Å²) in [7, 11) is 0. The Morgan fingerprint density at radius 3 is 2.71 bits per heavy atom. The zero-order valence-corrected chi connectivity index (χ0v) is 12.7. The fraction of sp³-hybridized carbons (Fsp3) is 0.467. The third-order valence-electron chi connectivity index (χ3n) is 3.98. The number of aromatic nitrogens is 2. The second kappa shape index (κ2) is 5.66. The standard InChI is InChI=1S/C15H18ClN3O2/c1-10(20)9-18-14-8-11(16)2-3-13(14)19(15(18)21)12-4-6-17-7-5-12/h2-3,8,12,17H,4-7,9H2,1H3. The predicted octanol–water partition coefficient (Wildman–Crippen LogP) is 1.97. The number of carbonyl (C=O) groups excluding carboxylic acids is 1. The van der Waals surface area contributed by atoms with Crippen molar-refractivity contribution in [3.63, 3.8) is 0 Å². The van der Waals surface area contributed by atoms with E-state index in [2.05, 4.69) is 5.32 Å². The molecule has 0 saturated carbocycles. The van der Waals surface area contributed by atoms with Crippen molar-refractivity contribution in [2.45, 2.75) is 32.4 Å². The molecule has 1 fully saturated rings. The van der Waals surface area contributed by atoms with Crippen molar-refractivity contribution in [1.82, 2.24) is 14.5 Å². The van der Waals surface area contributed by atoms with Crippen LogP contribution < -0.4 is 11.0 Å². The van der Waals surface area contributed by atoms with E-state index in [0.29, 0.717) is 5.02 Å². The lowest BCUT2D eigenvalue weighted by Crippen LogP contribution is -2.35. The molecule has 1 aromatic heterocycles. The van der Waals surface area contributed by atoms with Gasteiger partial charge in [-0.3, -0.25) is 13.9 Å². The maximum Gasteiger partial charge on any atom is 0.329 e. The van der Waals surface area contributed by atoms with Crippen LogP contribution in [0.1, 0.15) is 25.8 Å². The molecule has 0 amide bonds. The number of nitrogens with zero attached hydrogens (tertiary/aromatic N) is 2. The normalized spacial score (nSPS) is 16.5. The first-order valence-corrected chi connectivity index (χ1v) is 7.56. The number of hydrogen-bond acceptors (Lipinski definition) is 3. The lowest BCUT2D eigenvalue weighted by Gasteiger charge is -2.23. The Bertz CT molecular complexity index is 741. The SMILES string of the molecule is CC(=O)Cn1c(=O)n(C2CCNCC2)c2ccc(Cl)cc21. The number of imidazole rings is 1. The third-order valence-corrected chi connectivity index (χ3v) is 4.21. The highest BCUT2D eigenvalue weighted by molar-refractivity contribution is 6.31. The molecule has 0 atom stereocenters. The molecule has 6 heteroatoms. The largest absolute Gasteiger partial charge is 0.329 e. The van der Waals surface area contributed by atoms with Crippen molar-refractivity contribution in [1.29, 1.82) is 0 Å². The van der Waals surface area contributed by atoms with Crippen molar-refractivity contribution in [2.75, 3.05) is 13.1 Å². The molecule has 2 heterocycles. The van der Waals surface area contributed by atoms with Crippen LogP contribution in [0.5, 0.6) is 0 Å². The number of rotatable bonds is 3. The average Bonchev–Trinajstić information content (AvgIpc) is 2.72. The van der Waals surface area contributed by atoms with Crippen molar-refractivity contribution >= 4 is 28.4 Å². The number of ketones is 1. The highest BCUT2D eigenvalue weighted by Gasteiger charge is 2.22. The maximum absolute atomic E-state index is 12.7. The molecule has 112 valence electrons. The van der Waals surface area contributed by atoms with Gasteiger partial charge in [-0.05, 0) is 51.1 Å².